The van der Waals surface area contributed by atoms with Crippen LogP contribution < -0.4 is 0 Å². The second kappa shape index (κ2) is 9.42. The second-order valence-corrected chi connectivity index (χ2v) is 7.54. The largest absolute Gasteiger partial charge is 0.390 e. The lowest BCUT2D eigenvalue weighted by Gasteiger charge is -2.36. The van der Waals surface area contributed by atoms with Gasteiger partial charge in [0.25, 0.3) is 0 Å². The molecule has 0 aliphatic carbocycles. The maximum atomic E-state index is 10.3. The first-order valence-electron chi connectivity index (χ1n) is 9.28. The molecule has 6 nitrogen and oxygen atoms in total. The van der Waals surface area contributed by atoms with E-state index in [1.54, 1.807) is 7.11 Å². The Hall–Kier alpha value is -0.530. The first-order chi connectivity index (χ1) is 11.6. The van der Waals surface area contributed by atoms with Crippen molar-refractivity contribution in [2.24, 2.45) is 10.9 Å². The van der Waals surface area contributed by atoms with Gasteiger partial charge in [-0.05, 0) is 48.0 Å². The van der Waals surface area contributed by atoms with Gasteiger partial charge >= 0.3 is 0 Å². The van der Waals surface area contributed by atoms with E-state index in [9.17, 15) is 5.11 Å². The molecule has 1 N–H and O–H groups in total. The zero-order chi connectivity index (χ0) is 19.3. The van der Waals surface area contributed by atoms with E-state index in [1.165, 1.54) is 0 Å². The third-order valence-corrected chi connectivity index (χ3v) is 5.10. The lowest BCUT2D eigenvalue weighted by Crippen LogP contribution is -2.45. The molecule has 0 spiro atoms. The third-order valence-electron chi connectivity index (χ3n) is 5.10. The average Bonchev–Trinajstić information content (AvgIpc) is 3.23. The Morgan fingerprint density at radius 3 is 2.44 bits per heavy atom. The van der Waals surface area contributed by atoms with Crippen LogP contribution in [0.2, 0.25) is 0 Å². The normalized spacial score (nSPS) is 25.2. The summed E-state index contributed by atoms with van der Waals surface area (Å²) in [6.07, 6.45) is 0.269. The van der Waals surface area contributed by atoms with Gasteiger partial charge in [-0.3, -0.25) is 0 Å². The number of aliphatic hydroxyl groups excluding tert-OH is 1. The van der Waals surface area contributed by atoms with E-state index in [1.807, 2.05) is 48.5 Å². The fourth-order valence-corrected chi connectivity index (χ4v) is 2.78. The minimum absolute atomic E-state index is 0.0735. The van der Waals surface area contributed by atoms with Gasteiger partial charge in [0, 0.05) is 19.6 Å². The molecule has 0 radical (unpaired) electrons. The number of hydrogen-bond acceptors (Lipinski definition) is 6. The van der Waals surface area contributed by atoms with Gasteiger partial charge in [-0.1, -0.05) is 6.92 Å². The van der Waals surface area contributed by atoms with Crippen LogP contribution in [0, 0.1) is 5.92 Å². The number of ether oxygens (including phenoxy) is 4. The monoisotopic (exact) mass is 359 g/mol. The fourth-order valence-electron chi connectivity index (χ4n) is 2.78. The summed E-state index contributed by atoms with van der Waals surface area (Å²) >= 11 is 0. The molecule has 0 aromatic heterocycles. The van der Waals surface area contributed by atoms with Crippen LogP contribution in [0.1, 0.15) is 54.9 Å². The molecule has 0 saturated heterocycles. The van der Waals surface area contributed by atoms with E-state index in [2.05, 4.69) is 4.99 Å². The highest BCUT2D eigenvalue weighted by atomic mass is 16.5. The van der Waals surface area contributed by atoms with Crippen LogP contribution in [0.4, 0.5) is 0 Å². The summed E-state index contributed by atoms with van der Waals surface area (Å²) in [4.78, 5) is 4.49. The molecule has 0 aromatic rings. The van der Waals surface area contributed by atoms with Gasteiger partial charge in [0.15, 0.2) is 5.72 Å². The van der Waals surface area contributed by atoms with E-state index in [-0.39, 0.29) is 18.1 Å². The van der Waals surface area contributed by atoms with Gasteiger partial charge < -0.3 is 24.1 Å². The van der Waals surface area contributed by atoms with Crippen molar-refractivity contribution in [3.63, 3.8) is 0 Å². The van der Waals surface area contributed by atoms with E-state index >= 15 is 0 Å². The number of nitrogens with zero attached hydrogens (tertiary/aromatic N) is 1. The van der Waals surface area contributed by atoms with E-state index in [0.29, 0.717) is 19.8 Å². The van der Waals surface area contributed by atoms with Gasteiger partial charge in [0.2, 0.25) is 0 Å². The molecule has 0 aromatic carbocycles. The van der Waals surface area contributed by atoms with E-state index < -0.39 is 17.4 Å². The molecule has 148 valence electrons. The molecule has 0 bridgehead atoms. The fraction of sp³-hybridized carbons (Fsp3) is 0.947. The summed E-state index contributed by atoms with van der Waals surface area (Å²) in [6.45, 7) is 15.3. The molecule has 1 heterocycles. The third kappa shape index (κ3) is 6.61. The Balaban J connectivity index is 2.47. The standard InChI is InChI=1S/C19H37NO5/c1-9-23-12-16(21)14(3)18(5,6)25-15(4)17-19(7,20-17)24-11-10-13(2)22-8/h13-16,21H,9-12H2,1-8H3. The summed E-state index contributed by atoms with van der Waals surface area (Å²) in [5.74, 6) is -0.0735. The van der Waals surface area contributed by atoms with Crippen molar-refractivity contribution in [2.45, 2.75) is 84.5 Å². The average molecular weight is 360 g/mol. The Kier molecular flexibility index (Phi) is 8.48. The second-order valence-electron chi connectivity index (χ2n) is 7.54. The smallest absolute Gasteiger partial charge is 0.197 e. The molecule has 0 fully saturated rings. The number of hydrogen-bond donors (Lipinski definition) is 1. The number of rotatable bonds is 13. The van der Waals surface area contributed by atoms with Crippen molar-refractivity contribution in [2.75, 3.05) is 26.9 Å². The summed E-state index contributed by atoms with van der Waals surface area (Å²) in [6, 6.07) is 0. The molecule has 0 saturated carbocycles. The zero-order valence-corrected chi connectivity index (χ0v) is 17.2. The van der Waals surface area contributed by atoms with Gasteiger partial charge in [-0.25, -0.2) is 4.99 Å². The molecule has 6 heteroatoms. The molecular formula is C19H37NO5. The van der Waals surface area contributed by atoms with Crippen molar-refractivity contribution in [3.8, 4) is 0 Å². The van der Waals surface area contributed by atoms with Crippen molar-refractivity contribution in [3.05, 3.63) is 0 Å². The predicted molar refractivity (Wildman–Crippen MR) is 99.2 cm³/mol. The van der Waals surface area contributed by atoms with E-state index in [0.717, 1.165) is 12.1 Å². The minimum atomic E-state index is -0.568. The first-order valence-corrected chi connectivity index (χ1v) is 9.28. The van der Waals surface area contributed by atoms with Crippen molar-refractivity contribution in [1.82, 2.24) is 0 Å². The van der Waals surface area contributed by atoms with Crippen LogP contribution >= 0.6 is 0 Å². The highest BCUT2D eigenvalue weighted by molar-refractivity contribution is 6.06. The van der Waals surface area contributed by atoms with Crippen LogP contribution in [0.15, 0.2) is 4.99 Å². The maximum Gasteiger partial charge on any atom is 0.197 e. The quantitative estimate of drug-likeness (QED) is 0.548. The zero-order valence-electron chi connectivity index (χ0n) is 17.2. The lowest BCUT2D eigenvalue weighted by molar-refractivity contribution is -0.116. The summed E-state index contributed by atoms with van der Waals surface area (Å²) < 4.78 is 22.7. The predicted octanol–water partition coefficient (Wildman–Crippen LogP) is 2.82. The molecular weight excluding hydrogens is 322 g/mol. The topological polar surface area (TPSA) is 69.5 Å². The number of methoxy groups -OCH3 is 1. The van der Waals surface area contributed by atoms with Crippen LogP contribution in [-0.4, -0.2) is 67.4 Å². The lowest BCUT2D eigenvalue weighted by atomic mass is 9.87. The van der Waals surface area contributed by atoms with Crippen LogP contribution in [-0.2, 0) is 18.9 Å². The Morgan fingerprint density at radius 2 is 1.88 bits per heavy atom. The molecule has 5 atom stereocenters. The maximum absolute atomic E-state index is 10.3. The summed E-state index contributed by atoms with van der Waals surface area (Å²) in [5.41, 5.74) is -0.153. The number of aliphatic hydroxyl groups is 1. The van der Waals surface area contributed by atoms with Crippen LogP contribution in [0.25, 0.3) is 0 Å². The SMILES string of the molecule is CCOCC(O)C(C)C(C)(C)OC(C)C1=NC1(C)OCCC(C)OC. The van der Waals surface area contributed by atoms with Gasteiger partial charge in [0.1, 0.15) is 0 Å². The molecule has 0 amide bonds. The van der Waals surface area contributed by atoms with Gasteiger partial charge in [-0.2, -0.15) is 0 Å². The molecule has 1 aliphatic rings. The van der Waals surface area contributed by atoms with E-state index in [4.69, 9.17) is 18.9 Å². The minimum Gasteiger partial charge on any atom is -0.390 e. The molecule has 5 unspecified atom stereocenters. The Bertz CT molecular complexity index is 440. The van der Waals surface area contributed by atoms with Crippen LogP contribution in [0.5, 0.6) is 0 Å². The first kappa shape index (κ1) is 22.5. The number of aliphatic imine (C=N–C) groups is 1. The summed E-state index contributed by atoms with van der Waals surface area (Å²) in [5, 5.41) is 10.3. The molecule has 1 aliphatic heterocycles. The van der Waals surface area contributed by atoms with Gasteiger partial charge in [-0.15, -0.1) is 0 Å². The van der Waals surface area contributed by atoms with Crippen LogP contribution in [0.3, 0.4) is 0 Å². The van der Waals surface area contributed by atoms with Crippen molar-refractivity contribution < 1.29 is 24.1 Å². The molecule has 1 rings (SSSR count). The summed E-state index contributed by atoms with van der Waals surface area (Å²) in [7, 11) is 1.70. The Labute approximate surface area is 152 Å². The highest BCUT2D eigenvalue weighted by Gasteiger charge is 2.48. The van der Waals surface area contributed by atoms with Crippen molar-refractivity contribution in [1.29, 1.82) is 0 Å². The molecule has 25 heavy (non-hydrogen) atoms. The van der Waals surface area contributed by atoms with Gasteiger partial charge in [0.05, 0.1) is 42.8 Å². The Morgan fingerprint density at radius 1 is 1.24 bits per heavy atom. The van der Waals surface area contributed by atoms with Crippen molar-refractivity contribution >= 4 is 5.71 Å². The highest BCUT2D eigenvalue weighted by Crippen LogP contribution is 2.35.